The summed E-state index contributed by atoms with van der Waals surface area (Å²) in [6, 6.07) is 23.3. The zero-order valence-corrected chi connectivity index (χ0v) is 15.9. The van der Waals surface area contributed by atoms with Gasteiger partial charge in [0.25, 0.3) is 0 Å². The predicted molar refractivity (Wildman–Crippen MR) is 114 cm³/mol. The number of rotatable bonds is 7. The van der Waals surface area contributed by atoms with Crippen molar-refractivity contribution in [3.8, 4) is 11.5 Å². The fraction of sp³-hybridized carbons (Fsp3) is 0.0400. The molecule has 0 bridgehead atoms. The summed E-state index contributed by atoms with van der Waals surface area (Å²) in [5.41, 5.74) is 2.34. The second-order valence-corrected chi connectivity index (χ2v) is 6.16. The van der Waals surface area contributed by atoms with E-state index in [1.54, 1.807) is 55.7 Å². The first kappa shape index (κ1) is 19.8. The highest BCUT2D eigenvalue weighted by molar-refractivity contribution is 6.06. The second kappa shape index (κ2) is 9.85. The molecule has 3 aromatic rings. The fourth-order valence-electron chi connectivity index (χ4n) is 2.55. The molecule has 0 saturated heterocycles. The van der Waals surface area contributed by atoms with Gasteiger partial charge >= 0.3 is 5.97 Å². The molecule has 0 heterocycles. The lowest BCUT2D eigenvalue weighted by Crippen LogP contribution is -2.03. The van der Waals surface area contributed by atoms with Crippen LogP contribution in [-0.2, 0) is 4.79 Å². The molecule has 29 heavy (non-hydrogen) atoms. The zero-order valence-electron chi connectivity index (χ0n) is 15.9. The lowest BCUT2D eigenvalue weighted by molar-refractivity contribution is -0.128. The van der Waals surface area contributed by atoms with Gasteiger partial charge in [0, 0.05) is 11.6 Å². The number of ether oxygens (including phenoxy) is 2. The topological polar surface area (TPSA) is 52.6 Å². The number of hydrogen-bond acceptors (Lipinski definition) is 4. The highest BCUT2D eigenvalue weighted by Crippen LogP contribution is 2.15. The van der Waals surface area contributed by atoms with E-state index in [1.807, 2.05) is 42.5 Å². The number of hydrogen-bond donors (Lipinski definition) is 0. The molecule has 4 heteroatoms. The monoisotopic (exact) mass is 384 g/mol. The van der Waals surface area contributed by atoms with E-state index in [4.69, 9.17) is 9.47 Å². The number of benzene rings is 3. The summed E-state index contributed by atoms with van der Waals surface area (Å²) in [5.74, 6) is 0.651. The molecular formula is C25H20O4. The van der Waals surface area contributed by atoms with Crippen LogP contribution in [0.1, 0.15) is 21.5 Å². The van der Waals surface area contributed by atoms with Gasteiger partial charge in [0.15, 0.2) is 5.78 Å². The Morgan fingerprint density at radius 1 is 0.690 bits per heavy atom. The van der Waals surface area contributed by atoms with Gasteiger partial charge in [-0.05, 0) is 47.5 Å². The Balaban J connectivity index is 1.55. The van der Waals surface area contributed by atoms with E-state index >= 15 is 0 Å². The van der Waals surface area contributed by atoms with Crippen molar-refractivity contribution in [1.29, 1.82) is 0 Å². The van der Waals surface area contributed by atoms with Crippen molar-refractivity contribution in [3.63, 3.8) is 0 Å². The van der Waals surface area contributed by atoms with Crippen molar-refractivity contribution in [2.45, 2.75) is 0 Å². The Morgan fingerprint density at radius 2 is 1.24 bits per heavy atom. The molecule has 0 atom stereocenters. The predicted octanol–water partition coefficient (Wildman–Crippen LogP) is 5.21. The average Bonchev–Trinajstić information content (AvgIpc) is 2.78. The van der Waals surface area contributed by atoms with Gasteiger partial charge in [-0.25, -0.2) is 4.79 Å². The summed E-state index contributed by atoms with van der Waals surface area (Å²) in [6.07, 6.45) is 6.29. The van der Waals surface area contributed by atoms with Crippen molar-refractivity contribution in [2.75, 3.05) is 7.11 Å². The van der Waals surface area contributed by atoms with Gasteiger partial charge < -0.3 is 9.47 Å². The third-order valence-electron chi connectivity index (χ3n) is 4.11. The molecule has 0 saturated carbocycles. The first-order valence-corrected chi connectivity index (χ1v) is 9.05. The SMILES string of the molecule is COc1ccc(/C=C\C(=O)Oc2ccc(/C=C/C(=O)c3ccccc3)cc2)cc1. The Bertz CT molecular complexity index is 1010. The lowest BCUT2D eigenvalue weighted by atomic mass is 10.1. The number of carbonyl (C=O) groups excluding carboxylic acids is 2. The van der Waals surface area contributed by atoms with Crippen molar-refractivity contribution in [3.05, 3.63) is 108 Å². The third kappa shape index (κ3) is 6.04. The first-order chi connectivity index (χ1) is 14.1. The minimum Gasteiger partial charge on any atom is -0.497 e. The summed E-state index contributed by atoms with van der Waals surface area (Å²) in [4.78, 5) is 24.1. The highest BCUT2D eigenvalue weighted by atomic mass is 16.5. The summed E-state index contributed by atoms with van der Waals surface area (Å²) in [6.45, 7) is 0. The van der Waals surface area contributed by atoms with Crippen LogP contribution in [0.2, 0.25) is 0 Å². The van der Waals surface area contributed by atoms with E-state index in [9.17, 15) is 9.59 Å². The molecule has 0 aliphatic heterocycles. The molecule has 0 aliphatic rings. The number of carbonyl (C=O) groups is 2. The van der Waals surface area contributed by atoms with Crippen molar-refractivity contribution in [1.82, 2.24) is 0 Å². The summed E-state index contributed by atoms with van der Waals surface area (Å²) >= 11 is 0. The molecule has 0 aliphatic carbocycles. The minimum absolute atomic E-state index is 0.0650. The maximum Gasteiger partial charge on any atom is 0.336 e. The molecule has 0 spiro atoms. The number of methoxy groups -OCH3 is 1. The van der Waals surface area contributed by atoms with E-state index in [0.717, 1.165) is 16.9 Å². The van der Waals surface area contributed by atoms with E-state index in [-0.39, 0.29) is 5.78 Å². The van der Waals surface area contributed by atoms with Crippen LogP contribution in [0.4, 0.5) is 0 Å². The van der Waals surface area contributed by atoms with Gasteiger partial charge in [-0.3, -0.25) is 4.79 Å². The first-order valence-electron chi connectivity index (χ1n) is 9.05. The van der Waals surface area contributed by atoms with Crippen LogP contribution < -0.4 is 9.47 Å². The molecule has 0 radical (unpaired) electrons. The van der Waals surface area contributed by atoms with Gasteiger partial charge in [0.2, 0.25) is 0 Å². The van der Waals surface area contributed by atoms with E-state index in [1.165, 1.54) is 12.2 Å². The molecule has 0 unspecified atom stereocenters. The van der Waals surface area contributed by atoms with Crippen LogP contribution in [0.5, 0.6) is 11.5 Å². The van der Waals surface area contributed by atoms with Gasteiger partial charge in [-0.1, -0.05) is 60.7 Å². The fourth-order valence-corrected chi connectivity index (χ4v) is 2.55. The summed E-state index contributed by atoms with van der Waals surface area (Å²) < 4.78 is 10.4. The highest BCUT2D eigenvalue weighted by Gasteiger charge is 2.02. The van der Waals surface area contributed by atoms with E-state index in [0.29, 0.717) is 11.3 Å². The molecule has 0 aromatic heterocycles. The smallest absolute Gasteiger partial charge is 0.336 e. The van der Waals surface area contributed by atoms with Crippen LogP contribution in [0.15, 0.2) is 91.0 Å². The van der Waals surface area contributed by atoms with Gasteiger partial charge in [0.1, 0.15) is 11.5 Å². The molecular weight excluding hydrogens is 364 g/mol. The van der Waals surface area contributed by atoms with Gasteiger partial charge in [-0.15, -0.1) is 0 Å². The van der Waals surface area contributed by atoms with Crippen LogP contribution >= 0.6 is 0 Å². The molecule has 0 fully saturated rings. The summed E-state index contributed by atoms with van der Waals surface area (Å²) in [5, 5.41) is 0. The second-order valence-electron chi connectivity index (χ2n) is 6.16. The van der Waals surface area contributed by atoms with Crippen molar-refractivity contribution in [2.24, 2.45) is 0 Å². The van der Waals surface area contributed by atoms with Crippen molar-refractivity contribution < 1.29 is 19.1 Å². The molecule has 144 valence electrons. The standard InChI is InChI=1S/C25H20O4/c1-28-22-13-7-20(8-14-22)12-18-25(27)29-23-15-9-19(10-16-23)11-17-24(26)21-5-3-2-4-6-21/h2-18H,1H3/b17-11+,18-12-. The third-order valence-corrected chi connectivity index (χ3v) is 4.11. The van der Waals surface area contributed by atoms with E-state index in [2.05, 4.69) is 0 Å². The largest absolute Gasteiger partial charge is 0.497 e. The Morgan fingerprint density at radius 3 is 1.83 bits per heavy atom. The number of ketones is 1. The van der Waals surface area contributed by atoms with Crippen molar-refractivity contribution >= 4 is 23.9 Å². The molecule has 0 amide bonds. The molecule has 3 rings (SSSR count). The van der Waals surface area contributed by atoms with E-state index < -0.39 is 5.97 Å². The molecule has 3 aromatic carbocycles. The maximum absolute atomic E-state index is 12.1. The van der Waals surface area contributed by atoms with Crippen LogP contribution in [0.3, 0.4) is 0 Å². The number of esters is 1. The molecule has 4 nitrogen and oxygen atoms in total. The zero-order chi connectivity index (χ0) is 20.5. The van der Waals surface area contributed by atoms with Gasteiger partial charge in [0.05, 0.1) is 7.11 Å². The Kier molecular flexibility index (Phi) is 6.74. The average molecular weight is 384 g/mol. The van der Waals surface area contributed by atoms with Crippen LogP contribution in [-0.4, -0.2) is 18.9 Å². The number of allylic oxidation sites excluding steroid dienone is 1. The quantitative estimate of drug-likeness (QED) is 0.243. The Hall–Kier alpha value is -3.92. The van der Waals surface area contributed by atoms with Crippen LogP contribution in [0.25, 0.3) is 12.2 Å². The Labute approximate surface area is 169 Å². The van der Waals surface area contributed by atoms with Gasteiger partial charge in [-0.2, -0.15) is 0 Å². The normalized spacial score (nSPS) is 10.9. The minimum atomic E-state index is -0.469. The van der Waals surface area contributed by atoms with Crippen LogP contribution in [0, 0.1) is 0 Å². The molecule has 0 N–H and O–H groups in total. The summed E-state index contributed by atoms with van der Waals surface area (Å²) in [7, 11) is 1.60. The maximum atomic E-state index is 12.1. The lowest BCUT2D eigenvalue weighted by Gasteiger charge is -2.02.